The maximum absolute atomic E-state index is 11.8. The van der Waals surface area contributed by atoms with Crippen LogP contribution in [0.1, 0.15) is 16.2 Å². The van der Waals surface area contributed by atoms with Crippen LogP contribution in [0.25, 0.3) is 0 Å². The van der Waals surface area contributed by atoms with Gasteiger partial charge in [-0.2, -0.15) is 4.98 Å². The van der Waals surface area contributed by atoms with E-state index in [4.69, 9.17) is 4.52 Å². The van der Waals surface area contributed by atoms with Crippen molar-refractivity contribution in [3.8, 4) is 0 Å². The second-order valence-corrected chi connectivity index (χ2v) is 3.93. The summed E-state index contributed by atoms with van der Waals surface area (Å²) in [5, 5.41) is 6.11. The number of amides is 1. The molecular formula is C10H8BrN3O2. The predicted molar refractivity (Wildman–Crippen MR) is 61.1 cm³/mol. The Labute approximate surface area is 100.0 Å². The van der Waals surface area contributed by atoms with Gasteiger partial charge < -0.3 is 4.52 Å². The van der Waals surface area contributed by atoms with Gasteiger partial charge >= 0.3 is 0 Å². The molecule has 1 aromatic carbocycles. The van der Waals surface area contributed by atoms with E-state index >= 15 is 0 Å². The zero-order chi connectivity index (χ0) is 11.5. The molecule has 6 heteroatoms. The summed E-state index contributed by atoms with van der Waals surface area (Å²) < 4.78 is 5.46. The minimum Gasteiger partial charge on any atom is -0.338 e. The molecule has 82 valence electrons. The molecule has 0 aliphatic carbocycles. The summed E-state index contributed by atoms with van der Waals surface area (Å²) in [5.41, 5.74) is 0.518. The van der Waals surface area contributed by atoms with Crippen LogP contribution in [0.15, 0.2) is 33.3 Å². The van der Waals surface area contributed by atoms with Crippen LogP contribution in [0, 0.1) is 6.92 Å². The minimum atomic E-state index is -0.284. The Morgan fingerprint density at radius 3 is 2.81 bits per heavy atom. The van der Waals surface area contributed by atoms with E-state index in [2.05, 4.69) is 31.4 Å². The number of carbonyl (C=O) groups is 1. The van der Waals surface area contributed by atoms with Crippen molar-refractivity contribution in [2.75, 3.05) is 5.32 Å². The van der Waals surface area contributed by atoms with Gasteiger partial charge in [-0.15, -0.1) is 0 Å². The number of benzene rings is 1. The highest BCUT2D eigenvalue weighted by Crippen LogP contribution is 2.16. The minimum absolute atomic E-state index is 0.165. The first-order valence-corrected chi connectivity index (χ1v) is 5.32. The lowest BCUT2D eigenvalue weighted by Crippen LogP contribution is -2.13. The molecule has 5 nitrogen and oxygen atoms in total. The monoisotopic (exact) mass is 281 g/mol. The highest BCUT2D eigenvalue weighted by Gasteiger charge is 2.12. The zero-order valence-corrected chi connectivity index (χ0v) is 9.98. The zero-order valence-electron chi connectivity index (χ0n) is 8.40. The second-order valence-electron chi connectivity index (χ2n) is 3.07. The molecule has 1 N–H and O–H groups in total. The molecule has 0 spiro atoms. The summed E-state index contributed by atoms with van der Waals surface area (Å²) in [4.78, 5) is 15.7. The van der Waals surface area contributed by atoms with Crippen LogP contribution >= 0.6 is 15.9 Å². The Balaban J connectivity index is 2.18. The molecule has 2 rings (SSSR count). The van der Waals surface area contributed by atoms with Crippen molar-refractivity contribution in [1.29, 1.82) is 0 Å². The van der Waals surface area contributed by atoms with Gasteiger partial charge in [0.25, 0.3) is 11.9 Å². The molecule has 16 heavy (non-hydrogen) atoms. The van der Waals surface area contributed by atoms with Gasteiger partial charge in [0.2, 0.25) is 5.89 Å². The lowest BCUT2D eigenvalue weighted by molar-refractivity contribution is 0.102. The van der Waals surface area contributed by atoms with Crippen molar-refractivity contribution >= 4 is 27.8 Å². The quantitative estimate of drug-likeness (QED) is 0.918. The number of rotatable bonds is 2. The van der Waals surface area contributed by atoms with Gasteiger partial charge in [-0.05, 0) is 33.2 Å². The average molecular weight is 282 g/mol. The molecule has 1 aromatic heterocycles. The van der Waals surface area contributed by atoms with Gasteiger partial charge in [-0.3, -0.25) is 10.1 Å². The first-order valence-electron chi connectivity index (χ1n) is 4.53. The van der Waals surface area contributed by atoms with Gasteiger partial charge in [0.15, 0.2) is 0 Å². The molecule has 0 bridgehead atoms. The third-order valence-electron chi connectivity index (χ3n) is 1.87. The van der Waals surface area contributed by atoms with E-state index in [1.807, 2.05) is 6.07 Å². The topological polar surface area (TPSA) is 68.0 Å². The normalized spacial score (nSPS) is 10.1. The Bertz CT molecular complexity index is 524. The molecule has 0 aliphatic rings. The largest absolute Gasteiger partial charge is 0.338 e. The predicted octanol–water partition coefficient (Wildman–Crippen LogP) is 2.39. The molecule has 0 saturated carbocycles. The van der Waals surface area contributed by atoms with Gasteiger partial charge in [0.1, 0.15) is 0 Å². The maximum Gasteiger partial charge on any atom is 0.270 e. The number of carbonyl (C=O) groups excluding carboxylic acids is 1. The van der Waals surface area contributed by atoms with Crippen LogP contribution < -0.4 is 5.32 Å². The molecular weight excluding hydrogens is 274 g/mol. The van der Waals surface area contributed by atoms with Crippen LogP contribution in [0.3, 0.4) is 0 Å². The summed E-state index contributed by atoms with van der Waals surface area (Å²) in [6.07, 6.45) is 0. The first kappa shape index (κ1) is 10.8. The number of nitrogens with one attached hydrogen (secondary N) is 1. The Hall–Kier alpha value is -1.69. The molecule has 0 aliphatic heterocycles. The lowest BCUT2D eigenvalue weighted by Gasteiger charge is -2.02. The number of aromatic nitrogens is 2. The van der Waals surface area contributed by atoms with Crippen LogP contribution in [0.2, 0.25) is 0 Å². The van der Waals surface area contributed by atoms with Gasteiger partial charge in [0, 0.05) is 11.4 Å². The number of halogens is 1. The van der Waals surface area contributed by atoms with Gasteiger partial charge in [-0.25, -0.2) is 0 Å². The smallest absolute Gasteiger partial charge is 0.270 e. The van der Waals surface area contributed by atoms with Gasteiger partial charge in [-0.1, -0.05) is 12.1 Å². The molecule has 0 fully saturated rings. The average Bonchev–Trinajstić information content (AvgIpc) is 2.64. The number of nitrogens with zero attached hydrogens (tertiary/aromatic N) is 2. The van der Waals surface area contributed by atoms with E-state index in [9.17, 15) is 4.79 Å². The van der Waals surface area contributed by atoms with E-state index in [1.165, 1.54) is 0 Å². The van der Waals surface area contributed by atoms with Crippen molar-refractivity contribution in [1.82, 2.24) is 10.1 Å². The van der Waals surface area contributed by atoms with E-state index in [0.29, 0.717) is 15.9 Å². The molecule has 0 radical (unpaired) electrons. The molecule has 1 amide bonds. The van der Waals surface area contributed by atoms with Crippen LogP contribution in [0.4, 0.5) is 5.95 Å². The fourth-order valence-corrected chi connectivity index (χ4v) is 1.63. The van der Waals surface area contributed by atoms with Crippen molar-refractivity contribution < 1.29 is 9.32 Å². The Morgan fingerprint density at radius 2 is 2.19 bits per heavy atom. The van der Waals surface area contributed by atoms with E-state index in [1.54, 1.807) is 25.1 Å². The number of anilines is 1. The highest BCUT2D eigenvalue weighted by atomic mass is 79.9. The first-order chi connectivity index (χ1) is 7.66. The van der Waals surface area contributed by atoms with E-state index in [0.717, 1.165) is 0 Å². The summed E-state index contributed by atoms with van der Waals surface area (Å²) in [6.45, 7) is 1.65. The van der Waals surface area contributed by atoms with Crippen LogP contribution in [-0.2, 0) is 0 Å². The highest BCUT2D eigenvalue weighted by molar-refractivity contribution is 9.10. The SMILES string of the molecule is Cc1nc(NC(=O)c2ccccc2Br)no1. The molecule has 0 atom stereocenters. The van der Waals surface area contributed by atoms with Crippen molar-refractivity contribution in [3.05, 3.63) is 40.2 Å². The van der Waals surface area contributed by atoms with Crippen molar-refractivity contribution in [2.24, 2.45) is 0 Å². The summed E-state index contributed by atoms with van der Waals surface area (Å²) in [7, 11) is 0. The summed E-state index contributed by atoms with van der Waals surface area (Å²) in [6, 6.07) is 7.10. The van der Waals surface area contributed by atoms with E-state index < -0.39 is 0 Å². The Morgan fingerprint density at radius 1 is 1.44 bits per heavy atom. The Kier molecular flexibility index (Phi) is 3.00. The number of hydrogen-bond donors (Lipinski definition) is 1. The molecule has 0 saturated heterocycles. The standard InChI is InChI=1S/C10H8BrN3O2/c1-6-12-10(14-16-6)13-9(15)7-4-2-3-5-8(7)11/h2-5H,1H3,(H,13,14,15). The summed E-state index contributed by atoms with van der Waals surface area (Å²) in [5.74, 6) is 0.286. The molecule has 0 unspecified atom stereocenters. The van der Waals surface area contributed by atoms with Crippen molar-refractivity contribution in [3.63, 3.8) is 0 Å². The lowest BCUT2D eigenvalue weighted by atomic mass is 10.2. The second kappa shape index (κ2) is 4.44. The number of hydrogen-bond acceptors (Lipinski definition) is 4. The molecule has 2 aromatic rings. The maximum atomic E-state index is 11.8. The fraction of sp³-hybridized carbons (Fsp3) is 0.100. The van der Waals surface area contributed by atoms with Crippen molar-refractivity contribution in [2.45, 2.75) is 6.92 Å². The van der Waals surface area contributed by atoms with Crippen LogP contribution in [-0.4, -0.2) is 16.0 Å². The third-order valence-corrected chi connectivity index (χ3v) is 2.56. The fourth-order valence-electron chi connectivity index (χ4n) is 1.16. The van der Waals surface area contributed by atoms with E-state index in [-0.39, 0.29) is 11.9 Å². The van der Waals surface area contributed by atoms with Crippen LogP contribution in [0.5, 0.6) is 0 Å². The third kappa shape index (κ3) is 2.27. The number of aryl methyl sites for hydroxylation is 1. The van der Waals surface area contributed by atoms with Gasteiger partial charge in [0.05, 0.1) is 5.56 Å². The molecule has 1 heterocycles. The summed E-state index contributed by atoms with van der Waals surface area (Å²) >= 11 is 3.29.